The standard InChI is InChI=1S/C35H65NO4/c1-3-5-7-9-11-13-15-16-17-18-19-20-22-23-25-27-29-33(38)32(31-37)36-35(40)34(39)30-28-26-24-21-14-12-10-8-6-4-2/h16-17,20,22,27,29,32-34,37-39H,3-15,18-19,21,23-26,28,30-31H2,1-2H3,(H,36,40)/b17-16+,22-20+,29-27+. The van der Waals surface area contributed by atoms with Crippen LogP contribution in [-0.2, 0) is 4.79 Å². The van der Waals surface area contributed by atoms with Crippen molar-refractivity contribution in [1.29, 1.82) is 0 Å². The van der Waals surface area contributed by atoms with Crippen LogP contribution in [0.2, 0.25) is 0 Å². The highest BCUT2D eigenvalue weighted by atomic mass is 16.3. The van der Waals surface area contributed by atoms with Crippen LogP contribution in [0.3, 0.4) is 0 Å². The average molecular weight is 564 g/mol. The lowest BCUT2D eigenvalue weighted by Gasteiger charge is -2.21. The van der Waals surface area contributed by atoms with Gasteiger partial charge in [0.05, 0.1) is 18.8 Å². The molecule has 0 aliphatic carbocycles. The van der Waals surface area contributed by atoms with Gasteiger partial charge in [-0.1, -0.05) is 147 Å². The zero-order chi connectivity index (χ0) is 29.5. The second-order valence-electron chi connectivity index (χ2n) is 11.4. The van der Waals surface area contributed by atoms with Crippen LogP contribution in [0.4, 0.5) is 0 Å². The summed E-state index contributed by atoms with van der Waals surface area (Å²) in [6.07, 6.45) is 35.8. The number of carbonyl (C=O) groups excluding carboxylic acids is 1. The van der Waals surface area contributed by atoms with Gasteiger partial charge in [0, 0.05) is 0 Å². The topological polar surface area (TPSA) is 89.8 Å². The van der Waals surface area contributed by atoms with Gasteiger partial charge in [0.1, 0.15) is 6.10 Å². The minimum absolute atomic E-state index is 0.380. The zero-order valence-electron chi connectivity index (χ0n) is 26.2. The molecular weight excluding hydrogens is 498 g/mol. The highest BCUT2D eigenvalue weighted by Gasteiger charge is 2.22. The van der Waals surface area contributed by atoms with Crippen LogP contribution in [0.5, 0.6) is 0 Å². The molecule has 4 N–H and O–H groups in total. The Hall–Kier alpha value is -1.43. The molecule has 0 saturated heterocycles. The molecule has 0 aliphatic rings. The number of hydrogen-bond acceptors (Lipinski definition) is 4. The van der Waals surface area contributed by atoms with Crippen molar-refractivity contribution in [3.8, 4) is 0 Å². The lowest BCUT2D eigenvalue weighted by molar-refractivity contribution is -0.131. The van der Waals surface area contributed by atoms with Gasteiger partial charge < -0.3 is 20.6 Å². The van der Waals surface area contributed by atoms with Crippen LogP contribution in [0.15, 0.2) is 36.5 Å². The second-order valence-corrected chi connectivity index (χ2v) is 11.4. The Morgan fingerprint density at radius 1 is 0.600 bits per heavy atom. The first-order chi connectivity index (χ1) is 19.6. The van der Waals surface area contributed by atoms with Crippen LogP contribution in [0.1, 0.15) is 155 Å². The van der Waals surface area contributed by atoms with E-state index in [-0.39, 0.29) is 6.61 Å². The van der Waals surface area contributed by atoms with E-state index >= 15 is 0 Å². The van der Waals surface area contributed by atoms with Crippen molar-refractivity contribution < 1.29 is 20.1 Å². The summed E-state index contributed by atoms with van der Waals surface area (Å²) in [5, 5.41) is 32.8. The second kappa shape index (κ2) is 30.5. The number of amides is 1. The third kappa shape index (κ3) is 25.5. The summed E-state index contributed by atoms with van der Waals surface area (Å²) in [5.74, 6) is -0.522. The summed E-state index contributed by atoms with van der Waals surface area (Å²) in [6.45, 7) is 4.11. The summed E-state index contributed by atoms with van der Waals surface area (Å²) < 4.78 is 0. The summed E-state index contributed by atoms with van der Waals surface area (Å²) in [6, 6.07) is -0.815. The fraction of sp³-hybridized carbons (Fsp3) is 0.800. The number of aliphatic hydroxyl groups excluding tert-OH is 3. The Bertz CT molecular complexity index is 631. The van der Waals surface area contributed by atoms with E-state index in [9.17, 15) is 20.1 Å². The molecule has 0 heterocycles. The largest absolute Gasteiger partial charge is 0.394 e. The Morgan fingerprint density at radius 3 is 1.52 bits per heavy atom. The quantitative estimate of drug-likeness (QED) is 0.0543. The number of rotatable bonds is 29. The molecule has 5 nitrogen and oxygen atoms in total. The van der Waals surface area contributed by atoms with E-state index in [0.717, 1.165) is 44.9 Å². The van der Waals surface area contributed by atoms with Gasteiger partial charge in [0.15, 0.2) is 0 Å². The third-order valence-electron chi connectivity index (χ3n) is 7.46. The van der Waals surface area contributed by atoms with E-state index in [0.29, 0.717) is 6.42 Å². The van der Waals surface area contributed by atoms with Gasteiger partial charge in [-0.3, -0.25) is 4.79 Å². The van der Waals surface area contributed by atoms with Crippen molar-refractivity contribution >= 4 is 5.91 Å². The molecule has 0 spiro atoms. The maximum Gasteiger partial charge on any atom is 0.249 e. The van der Waals surface area contributed by atoms with Crippen LogP contribution < -0.4 is 5.32 Å². The van der Waals surface area contributed by atoms with E-state index in [1.165, 1.54) is 89.9 Å². The molecule has 0 fully saturated rings. The molecule has 0 rings (SSSR count). The molecule has 0 bridgehead atoms. The van der Waals surface area contributed by atoms with Crippen molar-refractivity contribution in [2.75, 3.05) is 6.61 Å². The maximum absolute atomic E-state index is 12.3. The minimum Gasteiger partial charge on any atom is -0.394 e. The van der Waals surface area contributed by atoms with Crippen molar-refractivity contribution in [2.24, 2.45) is 0 Å². The highest BCUT2D eigenvalue weighted by Crippen LogP contribution is 2.12. The summed E-state index contributed by atoms with van der Waals surface area (Å²) in [5.41, 5.74) is 0. The van der Waals surface area contributed by atoms with Crippen molar-refractivity contribution in [3.63, 3.8) is 0 Å². The zero-order valence-corrected chi connectivity index (χ0v) is 26.2. The van der Waals surface area contributed by atoms with E-state index in [1.54, 1.807) is 6.08 Å². The molecule has 3 atom stereocenters. The normalized spacial score (nSPS) is 14.4. The number of unbranched alkanes of at least 4 members (excludes halogenated alkanes) is 17. The van der Waals surface area contributed by atoms with E-state index in [1.807, 2.05) is 6.08 Å². The summed E-state index contributed by atoms with van der Waals surface area (Å²) >= 11 is 0. The molecule has 0 aromatic carbocycles. The van der Waals surface area contributed by atoms with Gasteiger partial charge in [-0.05, 0) is 44.9 Å². The van der Waals surface area contributed by atoms with Crippen molar-refractivity contribution in [1.82, 2.24) is 5.32 Å². The van der Waals surface area contributed by atoms with Gasteiger partial charge in [-0.25, -0.2) is 0 Å². The summed E-state index contributed by atoms with van der Waals surface area (Å²) in [4.78, 5) is 12.3. The fourth-order valence-corrected chi connectivity index (χ4v) is 4.74. The number of aliphatic hydroxyl groups is 3. The van der Waals surface area contributed by atoms with E-state index in [4.69, 9.17) is 0 Å². The number of allylic oxidation sites excluding steroid dienone is 5. The number of nitrogens with one attached hydrogen (secondary N) is 1. The Labute approximate surface area is 247 Å². The molecule has 40 heavy (non-hydrogen) atoms. The predicted octanol–water partition coefficient (Wildman–Crippen LogP) is 8.48. The van der Waals surface area contributed by atoms with E-state index in [2.05, 4.69) is 43.5 Å². The van der Waals surface area contributed by atoms with Gasteiger partial charge in [-0.15, -0.1) is 0 Å². The lowest BCUT2D eigenvalue weighted by Crippen LogP contribution is -2.48. The van der Waals surface area contributed by atoms with Gasteiger partial charge in [0.2, 0.25) is 5.91 Å². The van der Waals surface area contributed by atoms with Gasteiger partial charge in [-0.2, -0.15) is 0 Å². The molecule has 1 amide bonds. The average Bonchev–Trinajstić information content (AvgIpc) is 2.96. The first kappa shape index (κ1) is 38.6. The first-order valence-electron chi connectivity index (χ1n) is 16.8. The van der Waals surface area contributed by atoms with Crippen LogP contribution in [0, 0.1) is 0 Å². The maximum atomic E-state index is 12.3. The molecule has 0 saturated carbocycles. The monoisotopic (exact) mass is 563 g/mol. The van der Waals surface area contributed by atoms with Crippen LogP contribution >= 0.6 is 0 Å². The third-order valence-corrected chi connectivity index (χ3v) is 7.46. The lowest BCUT2D eigenvalue weighted by atomic mass is 10.0. The molecule has 0 aliphatic heterocycles. The van der Waals surface area contributed by atoms with Gasteiger partial charge in [0.25, 0.3) is 0 Å². The Balaban J connectivity index is 3.88. The first-order valence-corrected chi connectivity index (χ1v) is 16.8. The SMILES string of the molecule is CCCCCCCC/C=C/CC/C=C/CC/C=C/C(O)C(CO)NC(=O)C(O)CCCCCCCCCCCC. The van der Waals surface area contributed by atoms with E-state index < -0.39 is 24.2 Å². The molecule has 0 aromatic heterocycles. The highest BCUT2D eigenvalue weighted by molar-refractivity contribution is 5.80. The molecule has 3 unspecified atom stereocenters. The molecular formula is C35H65NO4. The molecule has 5 heteroatoms. The fourth-order valence-electron chi connectivity index (χ4n) is 4.74. The Kier molecular flexibility index (Phi) is 29.4. The number of hydrogen-bond donors (Lipinski definition) is 4. The Morgan fingerprint density at radius 2 is 1.02 bits per heavy atom. The van der Waals surface area contributed by atoms with Crippen LogP contribution in [-0.4, -0.2) is 46.1 Å². The summed E-state index contributed by atoms with van der Waals surface area (Å²) in [7, 11) is 0. The minimum atomic E-state index is -1.10. The van der Waals surface area contributed by atoms with Crippen molar-refractivity contribution in [2.45, 2.75) is 173 Å². The van der Waals surface area contributed by atoms with Crippen molar-refractivity contribution in [3.05, 3.63) is 36.5 Å². The molecule has 234 valence electrons. The van der Waals surface area contributed by atoms with Gasteiger partial charge >= 0.3 is 0 Å². The molecule has 0 radical (unpaired) electrons. The molecule has 0 aromatic rings. The van der Waals surface area contributed by atoms with Crippen LogP contribution in [0.25, 0.3) is 0 Å². The number of carbonyl (C=O) groups is 1. The smallest absolute Gasteiger partial charge is 0.249 e. The predicted molar refractivity (Wildman–Crippen MR) is 171 cm³/mol.